The second-order valence-electron chi connectivity index (χ2n) is 7.59. The van der Waals surface area contributed by atoms with E-state index in [0.29, 0.717) is 6.04 Å². The first-order valence-electron chi connectivity index (χ1n) is 9.33. The van der Waals surface area contributed by atoms with Gasteiger partial charge >= 0.3 is 0 Å². The van der Waals surface area contributed by atoms with E-state index in [-0.39, 0.29) is 24.0 Å². The molecule has 2 atom stereocenters. The summed E-state index contributed by atoms with van der Waals surface area (Å²) in [4.78, 5) is 9.33. The highest BCUT2D eigenvalue weighted by Crippen LogP contribution is 2.34. The summed E-state index contributed by atoms with van der Waals surface area (Å²) < 4.78 is 0. The molecule has 140 valence electrons. The van der Waals surface area contributed by atoms with Crippen molar-refractivity contribution in [2.75, 3.05) is 40.8 Å². The van der Waals surface area contributed by atoms with E-state index >= 15 is 0 Å². The molecule has 0 aromatic heterocycles. The Morgan fingerprint density at radius 2 is 1.96 bits per heavy atom. The zero-order valence-electron chi connectivity index (χ0n) is 15.8. The van der Waals surface area contributed by atoms with Gasteiger partial charge in [0.1, 0.15) is 0 Å². The summed E-state index contributed by atoms with van der Waals surface area (Å²) in [6, 6.07) is 11.5. The van der Waals surface area contributed by atoms with Gasteiger partial charge < -0.3 is 15.1 Å². The maximum absolute atomic E-state index is 4.54. The molecule has 2 unspecified atom stereocenters. The predicted molar refractivity (Wildman–Crippen MR) is 117 cm³/mol. The van der Waals surface area contributed by atoms with Crippen LogP contribution in [0.4, 0.5) is 0 Å². The number of aliphatic imine (C=N–C) groups is 1. The molecule has 1 N–H and O–H groups in total. The van der Waals surface area contributed by atoms with Gasteiger partial charge in [0.05, 0.1) is 0 Å². The Hall–Kier alpha value is -0.820. The normalized spacial score (nSPS) is 22.0. The number of rotatable bonds is 6. The molecule has 1 aromatic rings. The van der Waals surface area contributed by atoms with Crippen molar-refractivity contribution >= 4 is 29.9 Å². The van der Waals surface area contributed by atoms with Crippen molar-refractivity contribution in [1.29, 1.82) is 0 Å². The number of hydrogen-bond donors (Lipinski definition) is 1. The van der Waals surface area contributed by atoms with Gasteiger partial charge in [-0.15, -0.1) is 24.0 Å². The lowest BCUT2D eigenvalue weighted by Crippen LogP contribution is -2.47. The van der Waals surface area contributed by atoms with Crippen LogP contribution in [0, 0.1) is 11.8 Å². The highest BCUT2D eigenvalue weighted by atomic mass is 127. The minimum absolute atomic E-state index is 0. The van der Waals surface area contributed by atoms with Gasteiger partial charge in [0.15, 0.2) is 5.96 Å². The highest BCUT2D eigenvalue weighted by Gasteiger charge is 2.33. The number of guanidine groups is 1. The third-order valence-corrected chi connectivity index (χ3v) is 5.46. The van der Waals surface area contributed by atoms with Crippen LogP contribution in [0.25, 0.3) is 0 Å². The van der Waals surface area contributed by atoms with Crippen molar-refractivity contribution in [3.05, 3.63) is 35.9 Å². The SMILES string of the molecule is CN=C(NCC(C1CC1)N(C)C)N1CCC(Cc2ccccc2)C1.I. The summed E-state index contributed by atoms with van der Waals surface area (Å²) in [6.45, 7) is 3.24. The average molecular weight is 456 g/mol. The van der Waals surface area contributed by atoms with Crippen molar-refractivity contribution in [1.82, 2.24) is 15.1 Å². The third kappa shape index (κ3) is 5.84. The first-order chi connectivity index (χ1) is 11.7. The van der Waals surface area contributed by atoms with Gasteiger partial charge in [0, 0.05) is 32.7 Å². The molecule has 3 rings (SSSR count). The van der Waals surface area contributed by atoms with Crippen LogP contribution in [0.1, 0.15) is 24.8 Å². The van der Waals surface area contributed by atoms with Crippen molar-refractivity contribution < 1.29 is 0 Å². The Bertz CT molecular complexity index is 540. The van der Waals surface area contributed by atoms with Crippen LogP contribution < -0.4 is 5.32 Å². The first-order valence-corrected chi connectivity index (χ1v) is 9.33. The molecular formula is C20H33IN4. The third-order valence-electron chi connectivity index (χ3n) is 5.46. The lowest BCUT2D eigenvalue weighted by Gasteiger charge is -2.28. The van der Waals surface area contributed by atoms with E-state index in [4.69, 9.17) is 0 Å². The zero-order chi connectivity index (χ0) is 16.9. The number of hydrogen-bond acceptors (Lipinski definition) is 2. The molecule has 0 amide bonds. The van der Waals surface area contributed by atoms with Gasteiger partial charge in [0.2, 0.25) is 0 Å². The number of likely N-dealkylation sites (N-methyl/N-ethyl adjacent to an activating group) is 1. The number of likely N-dealkylation sites (tertiary alicyclic amines) is 1. The maximum Gasteiger partial charge on any atom is 0.193 e. The number of benzene rings is 1. The van der Waals surface area contributed by atoms with Crippen LogP contribution in [-0.4, -0.2) is 62.6 Å². The van der Waals surface area contributed by atoms with E-state index in [1.54, 1.807) is 0 Å². The zero-order valence-corrected chi connectivity index (χ0v) is 18.1. The van der Waals surface area contributed by atoms with E-state index in [0.717, 1.165) is 37.4 Å². The molecule has 1 heterocycles. The molecule has 2 aliphatic rings. The summed E-state index contributed by atoms with van der Waals surface area (Å²) >= 11 is 0. The summed E-state index contributed by atoms with van der Waals surface area (Å²) in [5.74, 6) is 2.69. The first kappa shape index (κ1) is 20.5. The molecule has 1 aliphatic carbocycles. The molecule has 5 heteroatoms. The second-order valence-corrected chi connectivity index (χ2v) is 7.59. The van der Waals surface area contributed by atoms with Crippen molar-refractivity contribution in [3.8, 4) is 0 Å². The Labute approximate surface area is 170 Å². The molecule has 1 aromatic carbocycles. The fourth-order valence-corrected chi connectivity index (χ4v) is 3.92. The largest absolute Gasteiger partial charge is 0.355 e. The summed E-state index contributed by atoms with van der Waals surface area (Å²) in [5, 5.41) is 3.63. The quantitative estimate of drug-likeness (QED) is 0.406. The van der Waals surface area contributed by atoms with Crippen molar-refractivity contribution in [2.24, 2.45) is 16.8 Å². The smallest absolute Gasteiger partial charge is 0.193 e. The van der Waals surface area contributed by atoms with Gasteiger partial charge in [-0.2, -0.15) is 0 Å². The van der Waals surface area contributed by atoms with Crippen LogP contribution in [0.2, 0.25) is 0 Å². The van der Waals surface area contributed by atoms with Crippen LogP contribution in [0.5, 0.6) is 0 Å². The lowest BCUT2D eigenvalue weighted by atomic mass is 9.99. The Morgan fingerprint density at radius 1 is 1.24 bits per heavy atom. The molecule has 4 nitrogen and oxygen atoms in total. The molecule has 1 aliphatic heterocycles. The van der Waals surface area contributed by atoms with Crippen molar-refractivity contribution in [2.45, 2.75) is 31.7 Å². The van der Waals surface area contributed by atoms with Gasteiger partial charge in [-0.05, 0) is 57.2 Å². The fraction of sp³-hybridized carbons (Fsp3) is 0.650. The van der Waals surface area contributed by atoms with E-state index in [2.05, 4.69) is 64.5 Å². The lowest BCUT2D eigenvalue weighted by molar-refractivity contribution is 0.262. The van der Waals surface area contributed by atoms with Gasteiger partial charge in [-0.3, -0.25) is 4.99 Å². The molecule has 0 bridgehead atoms. The van der Waals surface area contributed by atoms with Gasteiger partial charge in [0.25, 0.3) is 0 Å². The van der Waals surface area contributed by atoms with E-state index < -0.39 is 0 Å². The Kier molecular flexibility index (Phi) is 8.00. The number of nitrogens with one attached hydrogen (secondary N) is 1. The minimum Gasteiger partial charge on any atom is -0.355 e. The monoisotopic (exact) mass is 456 g/mol. The highest BCUT2D eigenvalue weighted by molar-refractivity contribution is 14.0. The minimum atomic E-state index is 0. The molecule has 0 spiro atoms. The summed E-state index contributed by atoms with van der Waals surface area (Å²) in [6.07, 6.45) is 5.20. The van der Waals surface area contributed by atoms with Gasteiger partial charge in [-0.1, -0.05) is 30.3 Å². The molecule has 1 saturated carbocycles. The van der Waals surface area contributed by atoms with Gasteiger partial charge in [-0.25, -0.2) is 0 Å². The second kappa shape index (κ2) is 9.76. The summed E-state index contributed by atoms with van der Waals surface area (Å²) in [5.41, 5.74) is 1.45. The van der Waals surface area contributed by atoms with Crippen LogP contribution in [-0.2, 0) is 6.42 Å². The van der Waals surface area contributed by atoms with Crippen LogP contribution in [0.15, 0.2) is 35.3 Å². The Morgan fingerprint density at radius 3 is 2.56 bits per heavy atom. The van der Waals surface area contributed by atoms with Crippen molar-refractivity contribution in [3.63, 3.8) is 0 Å². The molecule has 0 radical (unpaired) electrons. The van der Waals surface area contributed by atoms with E-state index in [1.807, 2.05) is 7.05 Å². The number of nitrogens with zero attached hydrogens (tertiary/aromatic N) is 3. The van der Waals surface area contributed by atoms with E-state index in [1.165, 1.54) is 31.2 Å². The molecule has 1 saturated heterocycles. The molecular weight excluding hydrogens is 423 g/mol. The van der Waals surface area contributed by atoms with E-state index in [9.17, 15) is 0 Å². The average Bonchev–Trinajstić information content (AvgIpc) is 3.31. The molecule has 2 fully saturated rings. The predicted octanol–water partition coefficient (Wildman–Crippen LogP) is 3.08. The Balaban J connectivity index is 0.00000225. The fourth-order valence-electron chi connectivity index (χ4n) is 3.92. The summed E-state index contributed by atoms with van der Waals surface area (Å²) in [7, 11) is 6.30. The maximum atomic E-state index is 4.54. The topological polar surface area (TPSA) is 30.9 Å². The number of halogens is 1. The van der Waals surface area contributed by atoms with Crippen LogP contribution >= 0.6 is 24.0 Å². The standard InChI is InChI=1S/C20H32N4.HI/c1-21-20(22-14-19(23(2)3)18-9-10-18)24-12-11-17(15-24)13-16-7-5-4-6-8-16;/h4-8,17-19H,9-15H2,1-3H3,(H,21,22);1H. The van der Waals surface area contributed by atoms with Crippen LogP contribution in [0.3, 0.4) is 0 Å². The molecule has 25 heavy (non-hydrogen) atoms.